The predicted molar refractivity (Wildman–Crippen MR) is 83.5 cm³/mol. The van der Waals surface area contributed by atoms with Gasteiger partial charge in [0.2, 0.25) is 0 Å². The number of nitrogens with zero attached hydrogens (tertiary/aromatic N) is 3. The zero-order chi connectivity index (χ0) is 15.4. The summed E-state index contributed by atoms with van der Waals surface area (Å²) in [5.41, 5.74) is 8.81. The summed E-state index contributed by atoms with van der Waals surface area (Å²) >= 11 is 0. The minimum Gasteiger partial charge on any atom is -0.366 e. The first-order valence-corrected chi connectivity index (χ1v) is 6.61. The Kier molecular flexibility index (Phi) is 3.74. The molecule has 0 aliphatic carbocycles. The smallest absolute Gasteiger partial charge is 0.250 e. The first-order chi connectivity index (χ1) is 10.7. The molecular weight excluding hydrogens is 278 g/mol. The first kappa shape index (κ1) is 13.7. The van der Waals surface area contributed by atoms with Crippen LogP contribution in [0.4, 0.5) is 11.4 Å². The van der Waals surface area contributed by atoms with E-state index in [0.29, 0.717) is 11.3 Å². The third-order valence-corrected chi connectivity index (χ3v) is 3.09. The van der Waals surface area contributed by atoms with Crippen molar-refractivity contribution in [2.24, 2.45) is 5.73 Å². The lowest BCUT2D eigenvalue weighted by Gasteiger charge is -2.10. The maximum Gasteiger partial charge on any atom is 0.250 e. The van der Waals surface area contributed by atoms with E-state index in [0.717, 1.165) is 16.9 Å². The van der Waals surface area contributed by atoms with Crippen molar-refractivity contribution in [1.82, 2.24) is 15.0 Å². The monoisotopic (exact) mass is 291 g/mol. The molecular formula is C16H13N5O. The fourth-order valence-electron chi connectivity index (χ4n) is 2.06. The molecule has 1 amide bonds. The summed E-state index contributed by atoms with van der Waals surface area (Å²) in [4.78, 5) is 23.7. The van der Waals surface area contributed by atoms with Gasteiger partial charge in [-0.05, 0) is 24.3 Å². The molecule has 0 atom stereocenters. The number of hydrogen-bond donors (Lipinski definition) is 2. The van der Waals surface area contributed by atoms with Crippen molar-refractivity contribution in [2.45, 2.75) is 0 Å². The van der Waals surface area contributed by atoms with Gasteiger partial charge in [-0.3, -0.25) is 9.78 Å². The number of aromatic nitrogens is 3. The molecule has 6 nitrogen and oxygen atoms in total. The van der Waals surface area contributed by atoms with Gasteiger partial charge in [-0.2, -0.15) is 0 Å². The van der Waals surface area contributed by atoms with Crippen LogP contribution in [-0.4, -0.2) is 20.9 Å². The number of nitrogens with one attached hydrogen (secondary N) is 1. The van der Waals surface area contributed by atoms with Crippen LogP contribution in [0.3, 0.4) is 0 Å². The summed E-state index contributed by atoms with van der Waals surface area (Å²) in [6.07, 6.45) is 6.53. The van der Waals surface area contributed by atoms with E-state index in [-0.39, 0.29) is 0 Å². The Morgan fingerprint density at radius 3 is 2.64 bits per heavy atom. The Hall–Kier alpha value is -3.28. The van der Waals surface area contributed by atoms with E-state index in [4.69, 9.17) is 5.73 Å². The van der Waals surface area contributed by atoms with Crippen molar-refractivity contribution in [1.29, 1.82) is 0 Å². The highest BCUT2D eigenvalue weighted by Crippen LogP contribution is 2.23. The summed E-state index contributed by atoms with van der Waals surface area (Å²) < 4.78 is 0. The Labute approximate surface area is 127 Å². The minimum atomic E-state index is -0.478. The van der Waals surface area contributed by atoms with Crippen LogP contribution in [0.1, 0.15) is 10.4 Å². The highest BCUT2D eigenvalue weighted by molar-refractivity contribution is 5.99. The molecule has 3 rings (SSSR count). The van der Waals surface area contributed by atoms with Gasteiger partial charge in [-0.25, -0.2) is 9.97 Å². The van der Waals surface area contributed by atoms with Crippen LogP contribution < -0.4 is 11.1 Å². The average Bonchev–Trinajstić information content (AvgIpc) is 2.56. The van der Waals surface area contributed by atoms with E-state index in [1.807, 2.05) is 18.2 Å². The normalized spacial score (nSPS) is 10.2. The summed E-state index contributed by atoms with van der Waals surface area (Å²) in [7, 11) is 0. The number of carbonyl (C=O) groups excluding carboxylic acids is 1. The number of rotatable bonds is 4. The second-order valence-corrected chi connectivity index (χ2v) is 4.59. The summed E-state index contributed by atoms with van der Waals surface area (Å²) in [6.45, 7) is 0. The van der Waals surface area contributed by atoms with Gasteiger partial charge in [-0.1, -0.05) is 12.1 Å². The number of amides is 1. The lowest BCUT2D eigenvalue weighted by molar-refractivity contribution is 0.100. The molecule has 108 valence electrons. The van der Waals surface area contributed by atoms with Gasteiger partial charge in [0.25, 0.3) is 5.91 Å². The number of pyridine rings is 1. The van der Waals surface area contributed by atoms with Crippen LogP contribution in [-0.2, 0) is 0 Å². The molecule has 0 unspecified atom stereocenters. The largest absolute Gasteiger partial charge is 0.366 e. The molecule has 0 bridgehead atoms. The third-order valence-electron chi connectivity index (χ3n) is 3.09. The molecule has 1 aromatic carbocycles. The average molecular weight is 291 g/mol. The molecule has 0 aliphatic rings. The topological polar surface area (TPSA) is 93.8 Å². The fourth-order valence-corrected chi connectivity index (χ4v) is 2.06. The fraction of sp³-hybridized carbons (Fsp3) is 0. The molecule has 0 fully saturated rings. The van der Waals surface area contributed by atoms with Crippen LogP contribution in [0.25, 0.3) is 11.3 Å². The summed E-state index contributed by atoms with van der Waals surface area (Å²) in [6, 6.07) is 10.7. The zero-order valence-electron chi connectivity index (χ0n) is 11.6. The van der Waals surface area contributed by atoms with Gasteiger partial charge >= 0.3 is 0 Å². The van der Waals surface area contributed by atoms with Crippen LogP contribution >= 0.6 is 0 Å². The van der Waals surface area contributed by atoms with Gasteiger partial charge in [0.05, 0.1) is 16.9 Å². The van der Waals surface area contributed by atoms with E-state index in [1.54, 1.807) is 36.8 Å². The van der Waals surface area contributed by atoms with Crippen LogP contribution in [0, 0.1) is 0 Å². The number of anilines is 2. The Morgan fingerprint density at radius 2 is 1.86 bits per heavy atom. The van der Waals surface area contributed by atoms with Crippen molar-refractivity contribution >= 4 is 17.3 Å². The second-order valence-electron chi connectivity index (χ2n) is 4.59. The number of hydrogen-bond acceptors (Lipinski definition) is 5. The number of nitrogens with two attached hydrogens (primary N) is 1. The highest BCUT2D eigenvalue weighted by Gasteiger charge is 2.08. The molecule has 0 aliphatic heterocycles. The molecule has 3 N–H and O–H groups in total. The number of carbonyl (C=O) groups is 1. The molecule has 0 spiro atoms. The second kappa shape index (κ2) is 6.01. The van der Waals surface area contributed by atoms with Gasteiger partial charge in [0, 0.05) is 29.8 Å². The molecule has 2 aromatic heterocycles. The van der Waals surface area contributed by atoms with E-state index in [2.05, 4.69) is 20.3 Å². The molecule has 6 heteroatoms. The number of primary amides is 1. The first-order valence-electron chi connectivity index (χ1n) is 6.61. The number of para-hydroxylation sites is 1. The SMILES string of the molecule is NC(=O)c1ccccc1Nc1ccnc(-c2cncnc2)c1. The third kappa shape index (κ3) is 2.90. The van der Waals surface area contributed by atoms with E-state index in [1.165, 1.54) is 6.33 Å². The molecule has 0 saturated heterocycles. The van der Waals surface area contributed by atoms with Crippen LogP contribution in [0.2, 0.25) is 0 Å². The maximum atomic E-state index is 11.5. The molecule has 3 aromatic rings. The lowest BCUT2D eigenvalue weighted by Crippen LogP contribution is -2.13. The van der Waals surface area contributed by atoms with E-state index >= 15 is 0 Å². The van der Waals surface area contributed by atoms with Crippen LogP contribution in [0.15, 0.2) is 61.3 Å². The van der Waals surface area contributed by atoms with Gasteiger partial charge in [-0.15, -0.1) is 0 Å². The van der Waals surface area contributed by atoms with Crippen molar-refractivity contribution in [3.63, 3.8) is 0 Å². The standard InChI is InChI=1S/C16H13N5O/c17-16(22)13-3-1-2-4-14(13)21-12-5-6-20-15(7-12)11-8-18-10-19-9-11/h1-10H,(H2,17,22)(H,20,21). The van der Waals surface area contributed by atoms with Crippen molar-refractivity contribution in [2.75, 3.05) is 5.32 Å². The molecule has 0 saturated carbocycles. The predicted octanol–water partition coefficient (Wildman–Crippen LogP) is 2.38. The van der Waals surface area contributed by atoms with Crippen molar-refractivity contribution in [3.05, 3.63) is 66.9 Å². The molecule has 2 heterocycles. The Bertz CT molecular complexity index is 804. The molecule has 0 radical (unpaired) electrons. The van der Waals surface area contributed by atoms with Gasteiger partial charge < -0.3 is 11.1 Å². The Morgan fingerprint density at radius 1 is 1.09 bits per heavy atom. The minimum absolute atomic E-state index is 0.434. The maximum absolute atomic E-state index is 11.5. The van der Waals surface area contributed by atoms with Gasteiger partial charge in [0.15, 0.2) is 0 Å². The van der Waals surface area contributed by atoms with Crippen LogP contribution in [0.5, 0.6) is 0 Å². The van der Waals surface area contributed by atoms with Crippen molar-refractivity contribution in [3.8, 4) is 11.3 Å². The Balaban J connectivity index is 1.93. The van der Waals surface area contributed by atoms with Gasteiger partial charge in [0.1, 0.15) is 6.33 Å². The van der Waals surface area contributed by atoms with E-state index in [9.17, 15) is 4.79 Å². The number of benzene rings is 1. The summed E-state index contributed by atoms with van der Waals surface area (Å²) in [5.74, 6) is -0.478. The van der Waals surface area contributed by atoms with E-state index < -0.39 is 5.91 Å². The summed E-state index contributed by atoms with van der Waals surface area (Å²) in [5, 5.41) is 3.18. The molecule has 22 heavy (non-hydrogen) atoms. The quantitative estimate of drug-likeness (QED) is 0.769. The van der Waals surface area contributed by atoms with Crippen molar-refractivity contribution < 1.29 is 4.79 Å². The lowest BCUT2D eigenvalue weighted by atomic mass is 10.1. The highest BCUT2D eigenvalue weighted by atomic mass is 16.1. The zero-order valence-corrected chi connectivity index (χ0v) is 11.6.